The molecule has 2 unspecified atom stereocenters. The monoisotopic (exact) mass is 426 g/mol. The third-order valence-electron chi connectivity index (χ3n) is 7.13. The maximum Gasteiger partial charge on any atom is 0.169 e. The van der Waals surface area contributed by atoms with Crippen LogP contribution in [0.4, 0.5) is 0 Å². The van der Waals surface area contributed by atoms with Crippen LogP contribution in [-0.2, 0) is 13.0 Å². The summed E-state index contributed by atoms with van der Waals surface area (Å²) in [6, 6.07) is 8.02. The Hall–Kier alpha value is -1.59. The highest BCUT2D eigenvalue weighted by molar-refractivity contribution is 7.80. The molecule has 1 aromatic heterocycles. The zero-order chi connectivity index (χ0) is 21.3. The molecule has 1 aromatic carbocycles. The highest BCUT2D eigenvalue weighted by Gasteiger charge is 2.41. The van der Waals surface area contributed by atoms with E-state index >= 15 is 0 Å². The number of likely N-dealkylation sites (tertiary alicyclic amines) is 1. The second-order valence-corrected chi connectivity index (χ2v) is 9.40. The molecule has 30 heavy (non-hydrogen) atoms. The van der Waals surface area contributed by atoms with Crippen LogP contribution in [0.5, 0.6) is 0 Å². The summed E-state index contributed by atoms with van der Waals surface area (Å²) in [5.41, 5.74) is 4.55. The predicted molar refractivity (Wildman–Crippen MR) is 131 cm³/mol. The van der Waals surface area contributed by atoms with Gasteiger partial charge in [0.05, 0.1) is 0 Å². The molecule has 2 heterocycles. The number of nitrogens with zero attached hydrogens (tertiary/aromatic N) is 3. The first kappa shape index (κ1) is 21.6. The SMILES string of the molecule is CCCN1CC(NC(=S)N(CC)CC)CC2c3cccc4c3c(cn4CCC)C[C@H]21. The van der Waals surface area contributed by atoms with Gasteiger partial charge in [0.25, 0.3) is 0 Å². The van der Waals surface area contributed by atoms with Gasteiger partial charge in [-0.3, -0.25) is 4.90 Å². The van der Waals surface area contributed by atoms with Gasteiger partial charge in [-0.05, 0) is 75.5 Å². The number of aromatic nitrogens is 1. The Morgan fingerprint density at radius 2 is 1.90 bits per heavy atom. The Bertz CT molecular complexity index is 885. The molecule has 1 aliphatic heterocycles. The van der Waals surface area contributed by atoms with Crippen LogP contribution in [0.25, 0.3) is 10.9 Å². The van der Waals surface area contributed by atoms with Crippen molar-refractivity contribution in [1.82, 2.24) is 19.7 Å². The Labute approximate surface area is 187 Å². The molecule has 5 heteroatoms. The number of aryl methyl sites for hydroxylation is 1. The first-order valence-electron chi connectivity index (χ1n) is 12.0. The molecule has 2 aromatic rings. The third kappa shape index (κ3) is 3.87. The fourth-order valence-electron chi connectivity index (χ4n) is 5.83. The molecule has 1 aliphatic carbocycles. The minimum atomic E-state index is 0.417. The van der Waals surface area contributed by atoms with E-state index in [1.54, 1.807) is 11.1 Å². The van der Waals surface area contributed by atoms with Gasteiger partial charge in [0.2, 0.25) is 0 Å². The van der Waals surface area contributed by atoms with Gasteiger partial charge in [-0.1, -0.05) is 26.0 Å². The molecular weight excluding hydrogens is 388 g/mol. The van der Waals surface area contributed by atoms with E-state index in [9.17, 15) is 0 Å². The second-order valence-electron chi connectivity index (χ2n) is 9.02. The van der Waals surface area contributed by atoms with E-state index in [2.05, 4.69) is 71.8 Å². The molecule has 1 fully saturated rings. The molecule has 1 saturated heterocycles. The second kappa shape index (κ2) is 9.27. The van der Waals surface area contributed by atoms with E-state index in [-0.39, 0.29) is 0 Å². The van der Waals surface area contributed by atoms with Crippen molar-refractivity contribution < 1.29 is 0 Å². The van der Waals surface area contributed by atoms with Crippen LogP contribution in [0.3, 0.4) is 0 Å². The normalized spacial score (nSPS) is 23.4. The summed E-state index contributed by atoms with van der Waals surface area (Å²) in [6.45, 7) is 14.2. The van der Waals surface area contributed by atoms with E-state index in [1.165, 1.54) is 43.1 Å². The molecule has 0 amide bonds. The number of benzene rings is 1. The summed E-state index contributed by atoms with van der Waals surface area (Å²) in [5, 5.41) is 6.19. The standard InChI is InChI=1S/C25H38N4S/c1-5-12-28-16-18-14-23-21(20-10-9-11-22(28)24(18)20)15-19(17-29(23)13-6-2)26-25(30)27(7-3)8-4/h9-11,16,19,21,23H,5-8,12-15,17H2,1-4H3,(H,26,30)/t19?,21?,23-/m1/s1. The number of hydrogen-bond donors (Lipinski definition) is 1. The van der Waals surface area contributed by atoms with Crippen molar-refractivity contribution in [2.75, 3.05) is 26.2 Å². The zero-order valence-electron chi connectivity index (χ0n) is 19.2. The molecule has 0 spiro atoms. The number of piperidine rings is 1. The minimum absolute atomic E-state index is 0.417. The molecule has 4 nitrogen and oxygen atoms in total. The number of fused-ring (bicyclic) bond motifs is 2. The summed E-state index contributed by atoms with van der Waals surface area (Å²) in [7, 11) is 0. The quantitative estimate of drug-likeness (QED) is 0.645. The van der Waals surface area contributed by atoms with Crippen molar-refractivity contribution in [2.24, 2.45) is 0 Å². The van der Waals surface area contributed by atoms with E-state index in [4.69, 9.17) is 12.2 Å². The van der Waals surface area contributed by atoms with Crippen LogP contribution in [0, 0.1) is 0 Å². The molecule has 2 aliphatic rings. The van der Waals surface area contributed by atoms with Gasteiger partial charge in [-0.15, -0.1) is 0 Å². The smallest absolute Gasteiger partial charge is 0.169 e. The topological polar surface area (TPSA) is 23.4 Å². The lowest BCUT2D eigenvalue weighted by molar-refractivity contribution is 0.104. The molecular formula is C25H38N4S. The Kier molecular flexibility index (Phi) is 6.69. The average Bonchev–Trinajstić information content (AvgIpc) is 3.09. The van der Waals surface area contributed by atoms with Crippen LogP contribution < -0.4 is 5.32 Å². The summed E-state index contributed by atoms with van der Waals surface area (Å²) >= 11 is 5.76. The molecule has 3 atom stereocenters. The van der Waals surface area contributed by atoms with Crippen molar-refractivity contribution in [2.45, 2.75) is 77.9 Å². The summed E-state index contributed by atoms with van der Waals surface area (Å²) in [6.07, 6.45) is 7.17. The van der Waals surface area contributed by atoms with E-state index in [0.717, 1.165) is 31.3 Å². The zero-order valence-corrected chi connectivity index (χ0v) is 20.0. The largest absolute Gasteiger partial charge is 0.359 e. The Morgan fingerprint density at radius 1 is 1.13 bits per heavy atom. The summed E-state index contributed by atoms with van der Waals surface area (Å²) in [5.74, 6) is 0.580. The first-order chi connectivity index (χ1) is 14.6. The van der Waals surface area contributed by atoms with E-state index in [1.807, 2.05) is 0 Å². The molecule has 0 bridgehead atoms. The lowest BCUT2D eigenvalue weighted by atomic mass is 9.74. The van der Waals surface area contributed by atoms with Crippen molar-refractivity contribution in [1.29, 1.82) is 0 Å². The number of hydrogen-bond acceptors (Lipinski definition) is 2. The van der Waals surface area contributed by atoms with Crippen LogP contribution in [0.15, 0.2) is 24.4 Å². The van der Waals surface area contributed by atoms with Gasteiger partial charge >= 0.3 is 0 Å². The van der Waals surface area contributed by atoms with Crippen molar-refractivity contribution in [3.63, 3.8) is 0 Å². The summed E-state index contributed by atoms with van der Waals surface area (Å²) < 4.78 is 2.49. The lowest BCUT2D eigenvalue weighted by Crippen LogP contribution is -2.57. The van der Waals surface area contributed by atoms with Gasteiger partial charge in [0.15, 0.2) is 5.11 Å². The fraction of sp³-hybridized carbons (Fsp3) is 0.640. The minimum Gasteiger partial charge on any atom is -0.359 e. The molecule has 1 N–H and O–H groups in total. The Balaban J connectivity index is 1.66. The van der Waals surface area contributed by atoms with Gasteiger partial charge in [0.1, 0.15) is 0 Å². The average molecular weight is 427 g/mol. The fourth-order valence-corrected chi connectivity index (χ4v) is 6.25. The highest BCUT2D eigenvalue weighted by atomic mass is 32.1. The molecule has 4 rings (SSSR count). The highest BCUT2D eigenvalue weighted by Crippen LogP contribution is 2.44. The van der Waals surface area contributed by atoms with Crippen molar-refractivity contribution in [3.8, 4) is 0 Å². The van der Waals surface area contributed by atoms with Crippen molar-refractivity contribution in [3.05, 3.63) is 35.5 Å². The number of nitrogens with one attached hydrogen (secondary N) is 1. The number of thiocarbonyl (C=S) groups is 1. The van der Waals surface area contributed by atoms with Crippen LogP contribution in [0.1, 0.15) is 64.0 Å². The van der Waals surface area contributed by atoms with Gasteiger partial charge in [-0.25, -0.2) is 0 Å². The molecule has 164 valence electrons. The van der Waals surface area contributed by atoms with E-state index < -0.39 is 0 Å². The van der Waals surface area contributed by atoms with E-state index in [0.29, 0.717) is 18.0 Å². The van der Waals surface area contributed by atoms with Crippen LogP contribution in [0.2, 0.25) is 0 Å². The predicted octanol–water partition coefficient (Wildman–Crippen LogP) is 4.76. The Morgan fingerprint density at radius 3 is 2.60 bits per heavy atom. The van der Waals surface area contributed by atoms with Crippen LogP contribution in [-0.4, -0.2) is 57.7 Å². The van der Waals surface area contributed by atoms with Gasteiger partial charge in [-0.2, -0.15) is 0 Å². The third-order valence-corrected chi connectivity index (χ3v) is 7.50. The summed E-state index contributed by atoms with van der Waals surface area (Å²) in [4.78, 5) is 5.01. The molecule has 0 saturated carbocycles. The maximum atomic E-state index is 5.76. The van der Waals surface area contributed by atoms with Gasteiger partial charge < -0.3 is 14.8 Å². The van der Waals surface area contributed by atoms with Gasteiger partial charge in [0, 0.05) is 61.3 Å². The number of rotatable bonds is 7. The maximum absolute atomic E-state index is 5.76. The first-order valence-corrected chi connectivity index (χ1v) is 12.4. The van der Waals surface area contributed by atoms with Crippen molar-refractivity contribution >= 4 is 28.2 Å². The lowest BCUT2D eigenvalue weighted by Gasteiger charge is -2.47. The molecule has 0 radical (unpaired) electrons. The van der Waals surface area contributed by atoms with Crippen LogP contribution >= 0.6 is 12.2 Å².